The molecule has 1 aromatic carbocycles. The molecule has 2 heteroatoms. The minimum atomic E-state index is 0.353. The fraction of sp³-hybridized carbons (Fsp3) is 0.500. The van der Waals surface area contributed by atoms with Crippen LogP contribution in [0, 0.1) is 0 Å². The molecule has 0 fully saturated rings. The van der Waals surface area contributed by atoms with E-state index in [4.69, 9.17) is 4.74 Å². The van der Waals surface area contributed by atoms with Crippen molar-refractivity contribution in [2.45, 2.75) is 26.3 Å². The van der Waals surface area contributed by atoms with Gasteiger partial charge in [-0.2, -0.15) is 0 Å². The molecule has 0 spiro atoms. The van der Waals surface area contributed by atoms with Crippen molar-refractivity contribution in [1.82, 2.24) is 5.32 Å². The van der Waals surface area contributed by atoms with Crippen LogP contribution in [-0.2, 0) is 0 Å². The molecule has 0 unspecified atom stereocenters. The molecule has 1 N–H and O–H groups in total. The minimum Gasteiger partial charge on any atom is -0.496 e. The summed E-state index contributed by atoms with van der Waals surface area (Å²) in [4.78, 5) is 0. The topological polar surface area (TPSA) is 21.3 Å². The van der Waals surface area contributed by atoms with Crippen LogP contribution in [0.4, 0.5) is 0 Å². The molecule has 78 valence electrons. The summed E-state index contributed by atoms with van der Waals surface area (Å²) in [6.45, 7) is 5.37. The molecule has 14 heavy (non-hydrogen) atoms. The lowest BCUT2D eigenvalue weighted by molar-refractivity contribution is 0.401. The van der Waals surface area contributed by atoms with Gasteiger partial charge in [0.1, 0.15) is 5.75 Å². The van der Waals surface area contributed by atoms with Gasteiger partial charge >= 0.3 is 0 Å². The lowest BCUT2D eigenvalue weighted by Crippen LogP contribution is -2.19. The monoisotopic (exact) mass is 193 g/mol. The SMILES string of the molecule is CCCN[C@H](C)c1ccccc1OC. The van der Waals surface area contributed by atoms with Crippen LogP contribution in [0.1, 0.15) is 31.9 Å². The summed E-state index contributed by atoms with van der Waals surface area (Å²) < 4.78 is 5.31. The van der Waals surface area contributed by atoms with Gasteiger partial charge in [0.15, 0.2) is 0 Å². The third-order valence-corrected chi connectivity index (χ3v) is 2.31. The molecule has 0 amide bonds. The van der Waals surface area contributed by atoms with Gasteiger partial charge in [0.25, 0.3) is 0 Å². The van der Waals surface area contributed by atoms with Crippen LogP contribution in [-0.4, -0.2) is 13.7 Å². The highest BCUT2D eigenvalue weighted by molar-refractivity contribution is 5.35. The van der Waals surface area contributed by atoms with Crippen LogP contribution in [0.25, 0.3) is 0 Å². The van der Waals surface area contributed by atoms with E-state index in [0.29, 0.717) is 6.04 Å². The normalized spacial score (nSPS) is 12.5. The maximum absolute atomic E-state index is 5.31. The van der Waals surface area contributed by atoms with E-state index in [1.807, 2.05) is 18.2 Å². The third-order valence-electron chi connectivity index (χ3n) is 2.31. The number of benzene rings is 1. The van der Waals surface area contributed by atoms with Crippen LogP contribution in [0.5, 0.6) is 5.75 Å². The minimum absolute atomic E-state index is 0.353. The lowest BCUT2D eigenvalue weighted by atomic mass is 10.1. The molecule has 1 aromatic rings. The largest absolute Gasteiger partial charge is 0.496 e. The van der Waals surface area contributed by atoms with Gasteiger partial charge in [-0.15, -0.1) is 0 Å². The van der Waals surface area contributed by atoms with E-state index in [0.717, 1.165) is 18.7 Å². The summed E-state index contributed by atoms with van der Waals surface area (Å²) in [5.74, 6) is 0.962. The van der Waals surface area contributed by atoms with E-state index in [2.05, 4.69) is 25.2 Å². The zero-order valence-corrected chi connectivity index (χ0v) is 9.21. The molecule has 0 aromatic heterocycles. The third kappa shape index (κ3) is 2.74. The predicted octanol–water partition coefficient (Wildman–Crippen LogP) is 2.76. The Morgan fingerprint density at radius 3 is 2.71 bits per heavy atom. The number of rotatable bonds is 5. The van der Waals surface area contributed by atoms with E-state index in [-0.39, 0.29) is 0 Å². The molecule has 0 bridgehead atoms. The zero-order valence-electron chi connectivity index (χ0n) is 9.21. The van der Waals surface area contributed by atoms with E-state index in [1.165, 1.54) is 5.56 Å². The molecule has 2 nitrogen and oxygen atoms in total. The molecule has 1 rings (SSSR count). The molecule has 0 radical (unpaired) electrons. The van der Waals surface area contributed by atoms with Crippen LogP contribution >= 0.6 is 0 Å². The van der Waals surface area contributed by atoms with Crippen LogP contribution in [0.15, 0.2) is 24.3 Å². The molecule has 0 aliphatic rings. The molecule has 1 atom stereocenters. The van der Waals surface area contributed by atoms with Gasteiger partial charge in [-0.05, 0) is 26.0 Å². The molecule has 0 aliphatic heterocycles. The van der Waals surface area contributed by atoms with Crippen molar-refractivity contribution in [3.63, 3.8) is 0 Å². The summed E-state index contributed by atoms with van der Waals surface area (Å²) in [5, 5.41) is 3.44. The second-order valence-electron chi connectivity index (χ2n) is 3.42. The number of para-hydroxylation sites is 1. The Bertz CT molecular complexity index is 273. The second kappa shape index (κ2) is 5.66. The highest BCUT2D eigenvalue weighted by Crippen LogP contribution is 2.23. The fourth-order valence-electron chi connectivity index (χ4n) is 1.49. The molecular weight excluding hydrogens is 174 g/mol. The molecule has 0 aliphatic carbocycles. The summed E-state index contributed by atoms with van der Waals surface area (Å²) in [6.07, 6.45) is 1.15. The van der Waals surface area contributed by atoms with Crippen molar-refractivity contribution in [3.8, 4) is 5.75 Å². The first kappa shape index (κ1) is 11.1. The first-order valence-corrected chi connectivity index (χ1v) is 5.16. The Balaban J connectivity index is 2.72. The number of ether oxygens (including phenoxy) is 1. The number of hydrogen-bond donors (Lipinski definition) is 1. The van der Waals surface area contributed by atoms with Crippen molar-refractivity contribution < 1.29 is 4.74 Å². The molecular formula is C12H19NO. The van der Waals surface area contributed by atoms with Gasteiger partial charge in [0.05, 0.1) is 7.11 Å². The Morgan fingerprint density at radius 1 is 1.36 bits per heavy atom. The van der Waals surface area contributed by atoms with Gasteiger partial charge in [-0.1, -0.05) is 25.1 Å². The Kier molecular flexibility index (Phi) is 4.47. The van der Waals surface area contributed by atoms with Crippen LogP contribution in [0.2, 0.25) is 0 Å². The van der Waals surface area contributed by atoms with Crippen molar-refractivity contribution in [3.05, 3.63) is 29.8 Å². The number of nitrogens with one attached hydrogen (secondary N) is 1. The maximum atomic E-state index is 5.31. The summed E-state index contributed by atoms with van der Waals surface area (Å²) in [5.41, 5.74) is 1.23. The van der Waals surface area contributed by atoms with Crippen molar-refractivity contribution in [1.29, 1.82) is 0 Å². The average molecular weight is 193 g/mol. The van der Waals surface area contributed by atoms with Gasteiger partial charge in [-0.25, -0.2) is 0 Å². The van der Waals surface area contributed by atoms with Crippen molar-refractivity contribution >= 4 is 0 Å². The first-order valence-electron chi connectivity index (χ1n) is 5.16. The standard InChI is InChI=1S/C12H19NO/c1-4-9-13-10(2)11-7-5-6-8-12(11)14-3/h5-8,10,13H,4,9H2,1-3H3/t10-/m1/s1. The second-order valence-corrected chi connectivity index (χ2v) is 3.42. The van der Waals surface area contributed by atoms with Crippen LogP contribution < -0.4 is 10.1 Å². The van der Waals surface area contributed by atoms with Gasteiger partial charge in [-0.3, -0.25) is 0 Å². The molecule has 0 saturated carbocycles. The Morgan fingerprint density at radius 2 is 2.07 bits per heavy atom. The van der Waals surface area contributed by atoms with Gasteiger partial charge in [0, 0.05) is 11.6 Å². The number of methoxy groups -OCH3 is 1. The summed E-state index contributed by atoms with van der Waals surface area (Å²) in [7, 11) is 1.71. The highest BCUT2D eigenvalue weighted by Gasteiger charge is 2.08. The predicted molar refractivity (Wildman–Crippen MR) is 59.7 cm³/mol. The van der Waals surface area contributed by atoms with Gasteiger partial charge in [0.2, 0.25) is 0 Å². The Hall–Kier alpha value is -1.02. The average Bonchev–Trinajstić information content (AvgIpc) is 2.25. The summed E-state index contributed by atoms with van der Waals surface area (Å²) >= 11 is 0. The summed E-state index contributed by atoms with van der Waals surface area (Å²) in [6, 6.07) is 8.49. The molecule has 0 heterocycles. The van der Waals surface area contributed by atoms with E-state index >= 15 is 0 Å². The van der Waals surface area contributed by atoms with Crippen molar-refractivity contribution in [2.75, 3.05) is 13.7 Å². The smallest absolute Gasteiger partial charge is 0.123 e. The van der Waals surface area contributed by atoms with E-state index < -0.39 is 0 Å². The molecule has 0 saturated heterocycles. The first-order chi connectivity index (χ1) is 6.79. The highest BCUT2D eigenvalue weighted by atomic mass is 16.5. The van der Waals surface area contributed by atoms with Crippen LogP contribution in [0.3, 0.4) is 0 Å². The van der Waals surface area contributed by atoms with E-state index in [1.54, 1.807) is 7.11 Å². The Labute approximate surface area is 86.3 Å². The quantitative estimate of drug-likeness (QED) is 0.776. The van der Waals surface area contributed by atoms with E-state index in [9.17, 15) is 0 Å². The maximum Gasteiger partial charge on any atom is 0.123 e. The fourth-order valence-corrected chi connectivity index (χ4v) is 1.49. The van der Waals surface area contributed by atoms with Crippen molar-refractivity contribution in [2.24, 2.45) is 0 Å². The zero-order chi connectivity index (χ0) is 10.4. The van der Waals surface area contributed by atoms with Gasteiger partial charge < -0.3 is 10.1 Å². The lowest BCUT2D eigenvalue weighted by Gasteiger charge is -2.16. The number of hydrogen-bond acceptors (Lipinski definition) is 2.